The fourth-order valence-corrected chi connectivity index (χ4v) is 3.52. The van der Waals surface area contributed by atoms with Gasteiger partial charge in [0.2, 0.25) is 0 Å². The molecule has 0 spiro atoms. The van der Waals surface area contributed by atoms with E-state index in [9.17, 15) is 0 Å². The summed E-state index contributed by atoms with van der Waals surface area (Å²) in [5.41, 5.74) is 6.70. The first kappa shape index (κ1) is 17.2. The molecule has 0 saturated heterocycles. The average molecular weight is 396 g/mol. The van der Waals surface area contributed by atoms with Crippen molar-refractivity contribution in [3.63, 3.8) is 0 Å². The molecule has 3 rings (SSSR count). The zero-order valence-electron chi connectivity index (χ0n) is 14.0. The molecular weight excluding hydrogens is 374 g/mol. The number of rotatable bonds is 6. The summed E-state index contributed by atoms with van der Waals surface area (Å²) < 4.78 is 17.4. The molecular formula is C17H22BrN3O3. The number of nitrogens with two attached hydrogens (primary N) is 1. The first-order valence-corrected chi connectivity index (χ1v) is 9.00. The third-order valence-corrected chi connectivity index (χ3v) is 4.88. The number of halogens is 1. The van der Waals surface area contributed by atoms with Gasteiger partial charge in [0.1, 0.15) is 0 Å². The van der Waals surface area contributed by atoms with Crippen molar-refractivity contribution in [3.05, 3.63) is 22.4 Å². The van der Waals surface area contributed by atoms with Gasteiger partial charge in [-0.15, -0.1) is 0 Å². The van der Waals surface area contributed by atoms with Gasteiger partial charge in [0, 0.05) is 5.56 Å². The van der Waals surface area contributed by atoms with Crippen molar-refractivity contribution >= 4 is 15.9 Å². The zero-order chi connectivity index (χ0) is 17.2. The van der Waals surface area contributed by atoms with Crippen LogP contribution in [0.1, 0.15) is 44.9 Å². The van der Waals surface area contributed by atoms with E-state index in [1.165, 1.54) is 0 Å². The van der Waals surface area contributed by atoms with Gasteiger partial charge in [0.15, 0.2) is 17.3 Å². The Morgan fingerprint density at radius 2 is 2.08 bits per heavy atom. The molecule has 7 heteroatoms. The number of nitrogens with zero attached hydrogens (tertiary/aromatic N) is 2. The molecule has 1 saturated carbocycles. The third kappa shape index (κ3) is 3.28. The average Bonchev–Trinajstić information content (AvgIpc) is 3.23. The topological polar surface area (TPSA) is 83.4 Å². The van der Waals surface area contributed by atoms with E-state index in [1.807, 2.05) is 12.1 Å². The van der Waals surface area contributed by atoms with E-state index < -0.39 is 5.54 Å². The van der Waals surface area contributed by atoms with Crippen LogP contribution in [0.15, 0.2) is 21.1 Å². The van der Waals surface area contributed by atoms with Crippen molar-refractivity contribution in [1.82, 2.24) is 10.1 Å². The second-order valence-electron chi connectivity index (χ2n) is 6.12. The molecule has 0 aliphatic heterocycles. The Bertz CT molecular complexity index is 711. The van der Waals surface area contributed by atoms with Gasteiger partial charge >= 0.3 is 0 Å². The molecule has 0 unspecified atom stereocenters. The highest BCUT2D eigenvalue weighted by Crippen LogP contribution is 2.40. The maximum absolute atomic E-state index is 6.40. The Morgan fingerprint density at radius 1 is 1.33 bits per heavy atom. The molecule has 0 amide bonds. The monoisotopic (exact) mass is 395 g/mol. The number of benzene rings is 1. The van der Waals surface area contributed by atoms with Crippen LogP contribution in [-0.4, -0.2) is 23.9 Å². The molecule has 1 aliphatic carbocycles. The fraction of sp³-hybridized carbons (Fsp3) is 0.529. The Labute approximate surface area is 149 Å². The van der Waals surface area contributed by atoms with Crippen LogP contribution in [0.25, 0.3) is 11.5 Å². The summed E-state index contributed by atoms with van der Waals surface area (Å²) in [6.45, 7) is 2.68. The summed E-state index contributed by atoms with van der Waals surface area (Å²) in [4.78, 5) is 4.52. The van der Waals surface area contributed by atoms with Crippen LogP contribution in [-0.2, 0) is 5.54 Å². The van der Waals surface area contributed by atoms with Gasteiger partial charge in [-0.25, -0.2) is 0 Å². The fourth-order valence-electron chi connectivity index (χ4n) is 2.96. The molecule has 2 N–H and O–H groups in total. The number of methoxy groups -OCH3 is 1. The van der Waals surface area contributed by atoms with Crippen molar-refractivity contribution in [2.75, 3.05) is 13.7 Å². The van der Waals surface area contributed by atoms with Crippen LogP contribution in [0.5, 0.6) is 11.5 Å². The minimum atomic E-state index is -0.465. The second-order valence-corrected chi connectivity index (χ2v) is 6.98. The lowest BCUT2D eigenvalue weighted by Gasteiger charge is -2.17. The van der Waals surface area contributed by atoms with Gasteiger partial charge in [0.25, 0.3) is 5.89 Å². The first-order chi connectivity index (χ1) is 11.6. The molecule has 1 fully saturated rings. The highest BCUT2D eigenvalue weighted by molar-refractivity contribution is 9.10. The van der Waals surface area contributed by atoms with Crippen LogP contribution >= 0.6 is 15.9 Å². The molecule has 24 heavy (non-hydrogen) atoms. The predicted molar refractivity (Wildman–Crippen MR) is 94.1 cm³/mol. The molecule has 0 bridgehead atoms. The van der Waals surface area contributed by atoms with E-state index in [0.717, 1.165) is 42.1 Å². The van der Waals surface area contributed by atoms with Crippen LogP contribution in [0.3, 0.4) is 0 Å². The maximum Gasteiger partial charge on any atom is 0.258 e. The van der Waals surface area contributed by atoms with Gasteiger partial charge < -0.3 is 19.7 Å². The molecule has 0 atom stereocenters. The summed E-state index contributed by atoms with van der Waals surface area (Å²) in [7, 11) is 1.61. The number of aromatic nitrogens is 2. The van der Waals surface area contributed by atoms with Crippen LogP contribution in [0.2, 0.25) is 0 Å². The Hall–Kier alpha value is -1.60. The zero-order valence-corrected chi connectivity index (χ0v) is 15.6. The van der Waals surface area contributed by atoms with Gasteiger partial charge in [-0.05, 0) is 47.3 Å². The molecule has 1 aromatic carbocycles. The van der Waals surface area contributed by atoms with Gasteiger partial charge in [-0.3, -0.25) is 0 Å². The van der Waals surface area contributed by atoms with E-state index in [0.29, 0.717) is 29.8 Å². The standard InChI is InChI=1S/C17H22BrN3O3/c1-3-8-23-14-12(18)9-11(10-13(14)22-2)15-20-16(21-24-15)17(19)6-4-5-7-17/h9-10H,3-8,19H2,1-2H3. The second kappa shape index (κ2) is 7.11. The lowest BCUT2D eigenvalue weighted by molar-refractivity contribution is 0.292. The van der Waals surface area contributed by atoms with Crippen molar-refractivity contribution < 1.29 is 14.0 Å². The summed E-state index contributed by atoms with van der Waals surface area (Å²) in [6, 6.07) is 3.73. The summed E-state index contributed by atoms with van der Waals surface area (Å²) >= 11 is 3.53. The highest BCUT2D eigenvalue weighted by Gasteiger charge is 2.36. The van der Waals surface area contributed by atoms with Crippen LogP contribution < -0.4 is 15.2 Å². The van der Waals surface area contributed by atoms with Crippen molar-refractivity contribution in [1.29, 1.82) is 0 Å². The molecule has 1 heterocycles. The quantitative estimate of drug-likeness (QED) is 0.794. The molecule has 2 aromatic rings. The summed E-state index contributed by atoms with van der Waals surface area (Å²) in [5, 5.41) is 4.11. The normalized spacial score (nSPS) is 16.3. The van der Waals surface area contributed by atoms with Crippen molar-refractivity contribution in [2.24, 2.45) is 5.73 Å². The van der Waals surface area contributed by atoms with Crippen molar-refractivity contribution in [3.8, 4) is 23.0 Å². The first-order valence-electron chi connectivity index (χ1n) is 8.21. The van der Waals surface area contributed by atoms with E-state index in [1.54, 1.807) is 7.11 Å². The van der Waals surface area contributed by atoms with Crippen LogP contribution in [0.4, 0.5) is 0 Å². The smallest absolute Gasteiger partial charge is 0.258 e. The molecule has 1 aliphatic rings. The molecule has 1 aromatic heterocycles. The minimum absolute atomic E-state index is 0.433. The molecule has 130 valence electrons. The third-order valence-electron chi connectivity index (χ3n) is 4.29. The van der Waals surface area contributed by atoms with E-state index in [-0.39, 0.29) is 0 Å². The Balaban J connectivity index is 1.92. The van der Waals surface area contributed by atoms with E-state index >= 15 is 0 Å². The SMILES string of the molecule is CCCOc1c(Br)cc(-c2nc(C3(N)CCCC3)no2)cc1OC. The van der Waals surface area contributed by atoms with Crippen LogP contribution in [0, 0.1) is 0 Å². The van der Waals surface area contributed by atoms with Gasteiger partial charge in [-0.2, -0.15) is 4.98 Å². The molecule has 6 nitrogen and oxygen atoms in total. The minimum Gasteiger partial charge on any atom is -0.493 e. The number of hydrogen-bond acceptors (Lipinski definition) is 6. The van der Waals surface area contributed by atoms with Gasteiger partial charge in [-0.1, -0.05) is 24.9 Å². The van der Waals surface area contributed by atoms with Gasteiger partial charge in [0.05, 0.1) is 23.7 Å². The number of hydrogen-bond donors (Lipinski definition) is 1. The Kier molecular flexibility index (Phi) is 5.10. The predicted octanol–water partition coefficient (Wildman–Crippen LogP) is 4.02. The van der Waals surface area contributed by atoms with E-state index in [2.05, 4.69) is 33.0 Å². The molecule has 0 radical (unpaired) electrons. The summed E-state index contributed by atoms with van der Waals surface area (Å²) in [5.74, 6) is 2.31. The Morgan fingerprint density at radius 3 is 2.75 bits per heavy atom. The number of ether oxygens (including phenoxy) is 2. The van der Waals surface area contributed by atoms with Crippen molar-refractivity contribution in [2.45, 2.75) is 44.6 Å². The van der Waals surface area contributed by atoms with E-state index in [4.69, 9.17) is 19.7 Å². The lowest BCUT2D eigenvalue weighted by Crippen LogP contribution is -2.34. The maximum atomic E-state index is 6.40. The lowest BCUT2D eigenvalue weighted by atomic mass is 9.99. The highest BCUT2D eigenvalue weighted by atomic mass is 79.9. The summed E-state index contributed by atoms with van der Waals surface area (Å²) in [6.07, 6.45) is 4.90. The largest absolute Gasteiger partial charge is 0.493 e.